The Bertz CT molecular complexity index is 567. The second-order valence-electron chi connectivity index (χ2n) is 4.87. The zero-order valence-electron chi connectivity index (χ0n) is 11.8. The molecule has 1 aromatic carbocycles. The molecule has 1 heterocycles. The number of nitrogens with one attached hydrogen (secondary N) is 1. The van der Waals surface area contributed by atoms with Gasteiger partial charge in [0.15, 0.2) is 0 Å². The first-order valence-corrected chi connectivity index (χ1v) is 6.58. The lowest BCUT2D eigenvalue weighted by Gasteiger charge is -2.13. The number of rotatable bonds is 6. The number of likely N-dealkylation sites (N-methyl/N-ethyl adjacent to an activating group) is 1. The zero-order valence-corrected chi connectivity index (χ0v) is 11.8. The molecule has 2 aromatic rings. The molecule has 0 saturated carbocycles. The second kappa shape index (κ2) is 6.85. The molecule has 0 amide bonds. The molecule has 0 radical (unpaired) electrons. The van der Waals surface area contributed by atoms with Gasteiger partial charge in [0, 0.05) is 24.8 Å². The van der Waals surface area contributed by atoms with Gasteiger partial charge in [0.1, 0.15) is 6.04 Å². The van der Waals surface area contributed by atoms with Gasteiger partial charge >= 0.3 is 0 Å². The van der Waals surface area contributed by atoms with E-state index in [-0.39, 0.29) is 6.04 Å². The molecule has 0 fully saturated rings. The van der Waals surface area contributed by atoms with Crippen LogP contribution < -0.4 is 5.32 Å². The summed E-state index contributed by atoms with van der Waals surface area (Å²) in [5, 5.41) is 16.8. The zero-order chi connectivity index (χ0) is 14.4. The van der Waals surface area contributed by atoms with Gasteiger partial charge < -0.3 is 4.90 Å². The molecule has 20 heavy (non-hydrogen) atoms. The summed E-state index contributed by atoms with van der Waals surface area (Å²) in [6, 6.07) is 11.8. The minimum Gasteiger partial charge on any atom is -0.308 e. The summed E-state index contributed by atoms with van der Waals surface area (Å²) in [7, 11) is 4.02. The first-order valence-electron chi connectivity index (χ1n) is 6.58. The van der Waals surface area contributed by atoms with Crippen molar-refractivity contribution in [2.75, 3.05) is 27.2 Å². The van der Waals surface area contributed by atoms with E-state index in [4.69, 9.17) is 0 Å². The van der Waals surface area contributed by atoms with Crippen LogP contribution in [0, 0.1) is 11.3 Å². The Morgan fingerprint density at radius 2 is 2.10 bits per heavy atom. The predicted octanol–water partition coefficient (Wildman–Crippen LogP) is 1.59. The highest BCUT2D eigenvalue weighted by atomic mass is 15.3. The number of hydrogen-bond donors (Lipinski definition) is 1. The van der Waals surface area contributed by atoms with Crippen LogP contribution in [0.3, 0.4) is 0 Å². The fourth-order valence-corrected chi connectivity index (χ4v) is 1.88. The summed E-state index contributed by atoms with van der Waals surface area (Å²) < 4.78 is 1.79. The van der Waals surface area contributed by atoms with Crippen LogP contribution in [0.5, 0.6) is 0 Å². The third kappa shape index (κ3) is 3.67. The van der Waals surface area contributed by atoms with Crippen molar-refractivity contribution in [3.8, 4) is 11.8 Å². The van der Waals surface area contributed by atoms with E-state index in [1.54, 1.807) is 10.9 Å². The molecule has 1 N–H and O–H groups in total. The van der Waals surface area contributed by atoms with E-state index in [1.807, 2.05) is 50.6 Å². The van der Waals surface area contributed by atoms with Gasteiger partial charge in [-0.2, -0.15) is 10.4 Å². The Hall–Kier alpha value is -2.16. The first kappa shape index (κ1) is 14.3. The van der Waals surface area contributed by atoms with E-state index in [1.165, 1.54) is 0 Å². The maximum Gasteiger partial charge on any atom is 0.124 e. The van der Waals surface area contributed by atoms with Crippen LogP contribution in [-0.2, 0) is 0 Å². The van der Waals surface area contributed by atoms with Crippen molar-refractivity contribution >= 4 is 0 Å². The van der Waals surface area contributed by atoms with E-state index in [0.717, 1.165) is 24.3 Å². The molecule has 1 atom stereocenters. The van der Waals surface area contributed by atoms with Crippen LogP contribution in [0.15, 0.2) is 42.7 Å². The molecule has 5 heteroatoms. The molecule has 1 aromatic heterocycles. The number of nitriles is 1. The van der Waals surface area contributed by atoms with Gasteiger partial charge in [-0.1, -0.05) is 18.2 Å². The standard InChI is InChI=1S/C15H19N5/c1-19(2)9-8-17-15(10-16)13-11-18-20(12-13)14-6-4-3-5-7-14/h3-7,11-12,15,17H,8-9H2,1-2H3. The SMILES string of the molecule is CN(C)CCNC(C#N)c1cnn(-c2ccccc2)c1. The summed E-state index contributed by atoms with van der Waals surface area (Å²) in [6.45, 7) is 1.66. The van der Waals surface area contributed by atoms with Crippen LogP contribution in [0.2, 0.25) is 0 Å². The topological polar surface area (TPSA) is 56.9 Å². The summed E-state index contributed by atoms with van der Waals surface area (Å²) in [4.78, 5) is 2.08. The first-order chi connectivity index (χ1) is 9.70. The summed E-state index contributed by atoms with van der Waals surface area (Å²) >= 11 is 0. The number of para-hydroxylation sites is 1. The highest BCUT2D eigenvalue weighted by molar-refractivity contribution is 5.32. The summed E-state index contributed by atoms with van der Waals surface area (Å²) in [5.74, 6) is 0. The lowest BCUT2D eigenvalue weighted by molar-refractivity contribution is 0.395. The maximum atomic E-state index is 9.26. The van der Waals surface area contributed by atoms with Crippen molar-refractivity contribution in [3.63, 3.8) is 0 Å². The lowest BCUT2D eigenvalue weighted by atomic mass is 10.2. The van der Waals surface area contributed by atoms with Crippen molar-refractivity contribution < 1.29 is 0 Å². The highest BCUT2D eigenvalue weighted by Gasteiger charge is 2.12. The Kier molecular flexibility index (Phi) is 4.88. The van der Waals surface area contributed by atoms with Crippen molar-refractivity contribution in [3.05, 3.63) is 48.3 Å². The van der Waals surface area contributed by atoms with Crippen LogP contribution in [0.1, 0.15) is 11.6 Å². The van der Waals surface area contributed by atoms with Gasteiger partial charge in [-0.3, -0.25) is 5.32 Å². The molecular formula is C15H19N5. The maximum absolute atomic E-state index is 9.26. The van der Waals surface area contributed by atoms with Crippen molar-refractivity contribution in [2.45, 2.75) is 6.04 Å². The quantitative estimate of drug-likeness (QED) is 0.865. The van der Waals surface area contributed by atoms with Crippen molar-refractivity contribution in [1.82, 2.24) is 20.0 Å². The molecule has 0 bridgehead atoms. The smallest absolute Gasteiger partial charge is 0.124 e. The third-order valence-corrected chi connectivity index (χ3v) is 2.99. The fourth-order valence-electron chi connectivity index (χ4n) is 1.88. The fraction of sp³-hybridized carbons (Fsp3) is 0.333. The molecule has 104 valence electrons. The Morgan fingerprint density at radius 3 is 2.75 bits per heavy atom. The largest absolute Gasteiger partial charge is 0.308 e. The number of aromatic nitrogens is 2. The van der Waals surface area contributed by atoms with Gasteiger partial charge in [-0.05, 0) is 26.2 Å². The second-order valence-corrected chi connectivity index (χ2v) is 4.87. The molecule has 0 spiro atoms. The molecule has 2 rings (SSSR count). The molecule has 0 aliphatic heterocycles. The van der Waals surface area contributed by atoms with E-state index >= 15 is 0 Å². The Labute approximate surface area is 119 Å². The van der Waals surface area contributed by atoms with Gasteiger partial charge in [-0.15, -0.1) is 0 Å². The van der Waals surface area contributed by atoms with Crippen molar-refractivity contribution in [2.24, 2.45) is 0 Å². The Morgan fingerprint density at radius 1 is 1.35 bits per heavy atom. The molecule has 0 aliphatic carbocycles. The minimum atomic E-state index is -0.326. The van der Waals surface area contributed by atoms with E-state index in [0.29, 0.717) is 0 Å². The predicted molar refractivity (Wildman–Crippen MR) is 78.5 cm³/mol. The van der Waals surface area contributed by atoms with Gasteiger partial charge in [0.25, 0.3) is 0 Å². The molecule has 5 nitrogen and oxygen atoms in total. The Balaban J connectivity index is 2.05. The van der Waals surface area contributed by atoms with Crippen LogP contribution in [0.4, 0.5) is 0 Å². The number of nitrogens with zero attached hydrogens (tertiary/aromatic N) is 4. The van der Waals surface area contributed by atoms with Gasteiger partial charge in [-0.25, -0.2) is 4.68 Å². The van der Waals surface area contributed by atoms with E-state index < -0.39 is 0 Å². The monoisotopic (exact) mass is 269 g/mol. The highest BCUT2D eigenvalue weighted by Crippen LogP contribution is 2.13. The number of hydrogen-bond acceptors (Lipinski definition) is 4. The van der Waals surface area contributed by atoms with Crippen molar-refractivity contribution in [1.29, 1.82) is 5.26 Å². The lowest BCUT2D eigenvalue weighted by Crippen LogP contribution is -2.29. The van der Waals surface area contributed by atoms with Crippen LogP contribution in [-0.4, -0.2) is 41.9 Å². The minimum absolute atomic E-state index is 0.326. The molecule has 1 unspecified atom stereocenters. The molecule has 0 aliphatic rings. The average molecular weight is 269 g/mol. The summed E-state index contributed by atoms with van der Waals surface area (Å²) in [5.41, 5.74) is 1.87. The number of benzene rings is 1. The molecular weight excluding hydrogens is 250 g/mol. The van der Waals surface area contributed by atoms with E-state index in [9.17, 15) is 5.26 Å². The third-order valence-electron chi connectivity index (χ3n) is 2.99. The summed E-state index contributed by atoms with van der Waals surface area (Å²) in [6.07, 6.45) is 3.63. The van der Waals surface area contributed by atoms with E-state index in [2.05, 4.69) is 21.4 Å². The van der Waals surface area contributed by atoms with Gasteiger partial charge in [0.2, 0.25) is 0 Å². The van der Waals surface area contributed by atoms with Crippen LogP contribution in [0.25, 0.3) is 5.69 Å². The average Bonchev–Trinajstić information content (AvgIpc) is 2.94. The molecule has 0 saturated heterocycles. The van der Waals surface area contributed by atoms with Gasteiger partial charge in [0.05, 0.1) is 18.0 Å². The van der Waals surface area contributed by atoms with Crippen LogP contribution >= 0.6 is 0 Å². The normalized spacial score (nSPS) is 12.3.